The Morgan fingerprint density at radius 2 is 1.97 bits per heavy atom. The van der Waals surface area contributed by atoms with Crippen LogP contribution in [0.3, 0.4) is 0 Å². The highest BCUT2D eigenvalue weighted by Gasteiger charge is 2.19. The largest absolute Gasteiger partial charge is 0.396 e. The van der Waals surface area contributed by atoms with Crippen molar-refractivity contribution in [3.05, 3.63) is 52.7 Å². The van der Waals surface area contributed by atoms with Gasteiger partial charge < -0.3 is 15.5 Å². The summed E-state index contributed by atoms with van der Waals surface area (Å²) in [5.41, 5.74) is 7.37. The van der Waals surface area contributed by atoms with E-state index >= 15 is 0 Å². The summed E-state index contributed by atoms with van der Waals surface area (Å²) in [7, 11) is 1.85. The molecule has 2 aromatic heterocycles. The van der Waals surface area contributed by atoms with Gasteiger partial charge in [-0.15, -0.1) is 11.3 Å². The number of nitrogens with zero attached hydrogens (tertiary/aromatic N) is 4. The Balaban J connectivity index is 1.51. The van der Waals surface area contributed by atoms with Gasteiger partial charge in [-0.05, 0) is 43.2 Å². The maximum atomic E-state index is 14.7. The van der Waals surface area contributed by atoms with Gasteiger partial charge in [0.2, 0.25) is 5.95 Å². The zero-order chi connectivity index (χ0) is 22.0. The van der Waals surface area contributed by atoms with Crippen molar-refractivity contribution < 1.29 is 13.6 Å². The summed E-state index contributed by atoms with van der Waals surface area (Å²) >= 11 is 1.16. The quantitative estimate of drug-likeness (QED) is 0.336. The molecule has 1 aromatic carbocycles. The highest BCUT2D eigenvalue weighted by atomic mass is 32.1. The fourth-order valence-electron chi connectivity index (χ4n) is 3.63. The number of rotatable bonds is 7. The van der Waals surface area contributed by atoms with Gasteiger partial charge in [0, 0.05) is 38.8 Å². The Bertz CT molecular complexity index is 1100. The second-order valence-electron chi connectivity index (χ2n) is 7.53. The van der Waals surface area contributed by atoms with E-state index in [1.54, 1.807) is 24.3 Å². The summed E-state index contributed by atoms with van der Waals surface area (Å²) in [6.07, 6.45) is 3.39. The van der Waals surface area contributed by atoms with Crippen molar-refractivity contribution in [3.8, 4) is 10.6 Å². The zero-order valence-corrected chi connectivity index (χ0v) is 18.0. The van der Waals surface area contributed by atoms with E-state index in [1.807, 2.05) is 11.9 Å². The zero-order valence-electron chi connectivity index (χ0n) is 17.1. The van der Waals surface area contributed by atoms with Crippen LogP contribution in [0.5, 0.6) is 0 Å². The third-order valence-corrected chi connectivity index (χ3v) is 6.49. The van der Waals surface area contributed by atoms with E-state index < -0.39 is 11.8 Å². The van der Waals surface area contributed by atoms with Gasteiger partial charge in [0.25, 0.3) is 0 Å². The molecule has 1 fully saturated rings. The Morgan fingerprint density at radius 1 is 1.19 bits per heavy atom. The molecular formula is C22H23F2N5OS. The average Bonchev–Trinajstić information content (AvgIpc) is 3.44. The first-order valence-electron chi connectivity index (χ1n) is 10.1. The smallest absolute Gasteiger partial charge is 0.225 e. The Labute approximate surface area is 183 Å². The van der Waals surface area contributed by atoms with Crippen LogP contribution in [0.1, 0.15) is 28.2 Å². The van der Waals surface area contributed by atoms with Crippen LogP contribution in [0.2, 0.25) is 0 Å². The molecule has 0 amide bonds. The number of anilines is 3. The lowest BCUT2D eigenvalue weighted by atomic mass is 10.2. The molecule has 0 atom stereocenters. The van der Waals surface area contributed by atoms with Crippen molar-refractivity contribution in [2.75, 3.05) is 42.2 Å². The van der Waals surface area contributed by atoms with Crippen LogP contribution in [0.15, 0.2) is 30.3 Å². The number of pyridine rings is 1. The van der Waals surface area contributed by atoms with E-state index in [-0.39, 0.29) is 5.69 Å². The molecule has 9 heteroatoms. The normalized spacial score (nSPS) is 13.6. The van der Waals surface area contributed by atoms with Crippen LogP contribution < -0.4 is 15.5 Å². The van der Waals surface area contributed by atoms with E-state index in [0.29, 0.717) is 39.9 Å². The molecule has 1 saturated heterocycles. The van der Waals surface area contributed by atoms with Crippen LogP contribution in [-0.4, -0.2) is 42.9 Å². The number of aldehydes is 1. The predicted octanol–water partition coefficient (Wildman–Crippen LogP) is 4.16. The summed E-state index contributed by atoms with van der Waals surface area (Å²) < 4.78 is 28.1. The lowest BCUT2D eigenvalue weighted by Gasteiger charge is -2.19. The molecule has 0 saturated carbocycles. The lowest BCUT2D eigenvalue weighted by molar-refractivity contribution is 0.112. The summed E-state index contributed by atoms with van der Waals surface area (Å²) in [6.45, 7) is 2.30. The molecule has 6 nitrogen and oxygen atoms in total. The van der Waals surface area contributed by atoms with Gasteiger partial charge in [-0.2, -0.15) is 4.39 Å². The number of benzene rings is 1. The summed E-state index contributed by atoms with van der Waals surface area (Å²) in [5.74, 6) is -0.414. The van der Waals surface area contributed by atoms with Crippen molar-refractivity contribution in [2.24, 2.45) is 0 Å². The molecule has 2 N–H and O–H groups in total. The first-order valence-corrected chi connectivity index (χ1v) is 10.9. The number of hydrogen-bond acceptors (Lipinski definition) is 7. The van der Waals surface area contributed by atoms with Gasteiger partial charge in [-0.1, -0.05) is 0 Å². The first kappa shape index (κ1) is 21.2. The molecule has 0 aliphatic carbocycles. The summed E-state index contributed by atoms with van der Waals surface area (Å²) in [4.78, 5) is 24.6. The van der Waals surface area contributed by atoms with E-state index in [1.165, 1.54) is 6.07 Å². The first-order chi connectivity index (χ1) is 15.0. The Hall–Kier alpha value is -3.07. The minimum absolute atomic E-state index is 0.0780. The van der Waals surface area contributed by atoms with Gasteiger partial charge in [-0.25, -0.2) is 14.4 Å². The predicted molar refractivity (Wildman–Crippen MR) is 120 cm³/mol. The van der Waals surface area contributed by atoms with Crippen molar-refractivity contribution in [3.63, 3.8) is 0 Å². The van der Waals surface area contributed by atoms with E-state index in [9.17, 15) is 13.6 Å². The number of likely N-dealkylation sites (N-methyl/N-ethyl adjacent to an activating group) is 1. The molecule has 0 radical (unpaired) electrons. The number of carbonyl (C=O) groups is 1. The van der Waals surface area contributed by atoms with Crippen molar-refractivity contribution in [1.82, 2.24) is 9.97 Å². The number of thiazole rings is 1. The highest BCUT2D eigenvalue weighted by molar-refractivity contribution is 7.16. The molecule has 3 aromatic rings. The lowest BCUT2D eigenvalue weighted by Crippen LogP contribution is -2.21. The second-order valence-corrected chi connectivity index (χ2v) is 8.56. The van der Waals surface area contributed by atoms with Crippen molar-refractivity contribution in [2.45, 2.75) is 19.3 Å². The SMILES string of the molecule is CN(CCc1nc(-c2ccc(N3CCCC3)nc2F)sc1C=O)c1ccc(F)c(N)c1. The van der Waals surface area contributed by atoms with Crippen LogP contribution in [0.4, 0.5) is 26.0 Å². The monoisotopic (exact) mass is 443 g/mol. The van der Waals surface area contributed by atoms with Gasteiger partial charge in [-0.3, -0.25) is 4.79 Å². The van der Waals surface area contributed by atoms with Crippen LogP contribution >= 0.6 is 11.3 Å². The third kappa shape index (κ3) is 4.51. The number of nitrogen functional groups attached to an aromatic ring is 1. The second kappa shape index (κ2) is 8.97. The molecule has 1 aliphatic heterocycles. The van der Waals surface area contributed by atoms with Gasteiger partial charge >= 0.3 is 0 Å². The Morgan fingerprint density at radius 3 is 2.65 bits per heavy atom. The molecule has 0 bridgehead atoms. The van der Waals surface area contributed by atoms with Crippen LogP contribution in [-0.2, 0) is 6.42 Å². The highest BCUT2D eigenvalue weighted by Crippen LogP contribution is 2.31. The maximum absolute atomic E-state index is 14.7. The minimum atomic E-state index is -0.582. The number of aromatic nitrogens is 2. The van der Waals surface area contributed by atoms with Crippen molar-refractivity contribution in [1.29, 1.82) is 0 Å². The summed E-state index contributed by atoms with van der Waals surface area (Å²) in [5, 5.41) is 0.434. The number of halogens is 2. The van der Waals surface area contributed by atoms with Crippen LogP contribution in [0, 0.1) is 11.8 Å². The third-order valence-electron chi connectivity index (χ3n) is 5.43. The molecule has 162 valence electrons. The number of carbonyl (C=O) groups excluding carboxylic acids is 1. The van der Waals surface area contributed by atoms with E-state index in [0.717, 1.165) is 49.2 Å². The molecule has 0 unspecified atom stereocenters. The van der Waals surface area contributed by atoms with Gasteiger partial charge in [0.15, 0.2) is 6.29 Å². The fourth-order valence-corrected chi connectivity index (χ4v) is 4.57. The Kier molecular flexibility index (Phi) is 6.13. The summed E-state index contributed by atoms with van der Waals surface area (Å²) in [6, 6.07) is 8.01. The molecule has 1 aliphatic rings. The van der Waals surface area contributed by atoms with Gasteiger partial charge in [0.05, 0.1) is 21.8 Å². The standard InChI is InChI=1S/C22H23F2N5OS/c1-28(14-4-6-16(23)17(25)12-14)11-8-18-19(13-30)31-22(26-18)15-5-7-20(27-21(15)24)29-9-2-3-10-29/h4-7,12-13H,2-3,8-11,25H2,1H3. The van der Waals surface area contributed by atoms with E-state index in [4.69, 9.17) is 5.73 Å². The molecule has 0 spiro atoms. The maximum Gasteiger partial charge on any atom is 0.225 e. The average molecular weight is 444 g/mol. The molecule has 31 heavy (non-hydrogen) atoms. The number of hydrogen-bond donors (Lipinski definition) is 1. The molecule has 4 rings (SSSR count). The molecule has 3 heterocycles. The topological polar surface area (TPSA) is 75.4 Å². The van der Waals surface area contributed by atoms with Crippen molar-refractivity contribution >= 4 is 34.8 Å². The van der Waals surface area contributed by atoms with Gasteiger partial charge in [0.1, 0.15) is 16.6 Å². The minimum Gasteiger partial charge on any atom is -0.396 e. The molecular weight excluding hydrogens is 420 g/mol. The fraction of sp³-hybridized carbons (Fsp3) is 0.318. The van der Waals surface area contributed by atoms with Crippen LogP contribution in [0.25, 0.3) is 10.6 Å². The van der Waals surface area contributed by atoms with E-state index in [2.05, 4.69) is 14.9 Å². The number of nitrogens with two attached hydrogens (primary N) is 1.